The molecule has 1 fully saturated rings. The van der Waals surface area contributed by atoms with Crippen molar-refractivity contribution in [3.8, 4) is 0 Å². The Morgan fingerprint density at radius 2 is 1.88 bits per heavy atom. The Balaban J connectivity index is 2.40. The number of halogens is 1. The van der Waals surface area contributed by atoms with E-state index in [0.29, 0.717) is 0 Å². The lowest BCUT2D eigenvalue weighted by atomic mass is 9.87. The number of hydrogen-bond donors (Lipinski definition) is 1. The maximum absolute atomic E-state index is 13.6. The minimum Gasteiger partial charge on any atom is -0.327 e. The van der Waals surface area contributed by atoms with Gasteiger partial charge < -0.3 is 5.73 Å². The van der Waals surface area contributed by atoms with Crippen molar-refractivity contribution in [2.24, 2.45) is 5.73 Å². The number of hydrogen-bond acceptors (Lipinski definition) is 1. The van der Waals surface area contributed by atoms with Crippen molar-refractivity contribution in [1.29, 1.82) is 0 Å². The standard InChI is InChI=1S/C14H20FN/c1-9(2)12-8-11(4-5-13(12)15)14(6-7-14)10(3)16/h4-5,8-10H,6-7,16H2,1-3H3. The van der Waals surface area contributed by atoms with Gasteiger partial charge in [-0.15, -0.1) is 0 Å². The second-order valence-electron chi connectivity index (χ2n) is 5.34. The molecule has 1 atom stereocenters. The van der Waals surface area contributed by atoms with Gasteiger partial charge in [-0.25, -0.2) is 4.39 Å². The third kappa shape index (κ3) is 1.75. The van der Waals surface area contributed by atoms with Crippen molar-refractivity contribution in [1.82, 2.24) is 0 Å². The highest BCUT2D eigenvalue weighted by Gasteiger charge is 2.47. The van der Waals surface area contributed by atoms with Crippen LogP contribution in [0.4, 0.5) is 4.39 Å². The van der Waals surface area contributed by atoms with Gasteiger partial charge in [0, 0.05) is 11.5 Å². The molecule has 88 valence electrons. The molecule has 1 aliphatic carbocycles. The zero-order chi connectivity index (χ0) is 11.9. The Bertz CT molecular complexity index is 392. The Kier molecular flexibility index (Phi) is 2.79. The van der Waals surface area contributed by atoms with E-state index in [1.54, 1.807) is 6.07 Å². The Labute approximate surface area is 96.9 Å². The summed E-state index contributed by atoms with van der Waals surface area (Å²) in [4.78, 5) is 0. The summed E-state index contributed by atoms with van der Waals surface area (Å²) in [6.45, 7) is 6.09. The predicted molar refractivity (Wildman–Crippen MR) is 65.1 cm³/mol. The van der Waals surface area contributed by atoms with Crippen LogP contribution in [-0.4, -0.2) is 6.04 Å². The van der Waals surface area contributed by atoms with Crippen molar-refractivity contribution < 1.29 is 4.39 Å². The van der Waals surface area contributed by atoms with Crippen LogP contribution in [0, 0.1) is 5.82 Å². The molecule has 0 radical (unpaired) electrons. The summed E-state index contributed by atoms with van der Waals surface area (Å²) < 4.78 is 13.6. The third-order valence-corrected chi connectivity index (χ3v) is 3.85. The molecule has 0 aromatic heterocycles. The van der Waals surface area contributed by atoms with Crippen molar-refractivity contribution in [2.75, 3.05) is 0 Å². The summed E-state index contributed by atoms with van der Waals surface area (Å²) in [7, 11) is 0. The first-order valence-electron chi connectivity index (χ1n) is 6.03. The van der Waals surface area contributed by atoms with Gasteiger partial charge in [-0.2, -0.15) is 0 Å². The zero-order valence-corrected chi connectivity index (χ0v) is 10.3. The second kappa shape index (κ2) is 3.85. The first-order valence-corrected chi connectivity index (χ1v) is 6.03. The van der Waals surface area contributed by atoms with E-state index in [2.05, 4.69) is 0 Å². The summed E-state index contributed by atoms with van der Waals surface area (Å²) in [6.07, 6.45) is 2.27. The van der Waals surface area contributed by atoms with Crippen molar-refractivity contribution in [3.63, 3.8) is 0 Å². The van der Waals surface area contributed by atoms with Gasteiger partial charge in [0.05, 0.1) is 0 Å². The number of nitrogens with two attached hydrogens (primary N) is 1. The van der Waals surface area contributed by atoms with E-state index in [-0.39, 0.29) is 23.2 Å². The molecule has 2 N–H and O–H groups in total. The van der Waals surface area contributed by atoms with E-state index in [4.69, 9.17) is 5.73 Å². The maximum Gasteiger partial charge on any atom is 0.126 e. The van der Waals surface area contributed by atoms with Gasteiger partial charge in [-0.1, -0.05) is 26.0 Å². The quantitative estimate of drug-likeness (QED) is 0.832. The Hall–Kier alpha value is -0.890. The highest BCUT2D eigenvalue weighted by molar-refractivity contribution is 5.38. The summed E-state index contributed by atoms with van der Waals surface area (Å²) >= 11 is 0. The molecule has 1 aliphatic rings. The first kappa shape index (κ1) is 11.6. The lowest BCUT2D eigenvalue weighted by Crippen LogP contribution is -2.31. The molecule has 1 unspecified atom stereocenters. The molecule has 1 saturated carbocycles. The van der Waals surface area contributed by atoms with Crippen LogP contribution in [0.5, 0.6) is 0 Å². The average Bonchev–Trinajstić information content (AvgIpc) is 2.98. The van der Waals surface area contributed by atoms with Crippen LogP contribution in [0.25, 0.3) is 0 Å². The van der Waals surface area contributed by atoms with Crippen molar-refractivity contribution >= 4 is 0 Å². The van der Waals surface area contributed by atoms with Gasteiger partial charge in [0.2, 0.25) is 0 Å². The highest BCUT2D eigenvalue weighted by Crippen LogP contribution is 2.50. The molecule has 0 bridgehead atoms. The van der Waals surface area contributed by atoms with Crippen LogP contribution in [0.15, 0.2) is 18.2 Å². The summed E-state index contributed by atoms with van der Waals surface area (Å²) in [5.41, 5.74) is 8.18. The fourth-order valence-corrected chi connectivity index (χ4v) is 2.44. The predicted octanol–water partition coefficient (Wildman–Crippen LogP) is 3.33. The lowest BCUT2D eigenvalue weighted by Gasteiger charge is -2.21. The van der Waals surface area contributed by atoms with E-state index in [1.165, 1.54) is 5.56 Å². The molecule has 0 amide bonds. The second-order valence-corrected chi connectivity index (χ2v) is 5.34. The molecule has 16 heavy (non-hydrogen) atoms. The minimum atomic E-state index is -0.0979. The van der Waals surface area contributed by atoms with Gasteiger partial charge in [0.25, 0.3) is 0 Å². The van der Waals surface area contributed by atoms with Gasteiger partial charge in [-0.05, 0) is 42.9 Å². The highest BCUT2D eigenvalue weighted by atomic mass is 19.1. The molecule has 0 heterocycles. The van der Waals surface area contributed by atoms with E-state index in [1.807, 2.05) is 32.9 Å². The van der Waals surface area contributed by atoms with E-state index < -0.39 is 0 Å². The van der Waals surface area contributed by atoms with Crippen LogP contribution >= 0.6 is 0 Å². The molecule has 0 spiro atoms. The minimum absolute atomic E-state index is 0.0979. The Morgan fingerprint density at radius 3 is 2.31 bits per heavy atom. The molecule has 0 saturated heterocycles. The fourth-order valence-electron chi connectivity index (χ4n) is 2.44. The molecule has 1 nitrogen and oxygen atoms in total. The smallest absolute Gasteiger partial charge is 0.126 e. The molecular weight excluding hydrogens is 201 g/mol. The van der Waals surface area contributed by atoms with Gasteiger partial charge in [0.1, 0.15) is 5.82 Å². The van der Waals surface area contributed by atoms with Crippen LogP contribution in [0.2, 0.25) is 0 Å². The van der Waals surface area contributed by atoms with Gasteiger partial charge >= 0.3 is 0 Å². The molecular formula is C14H20FN. The van der Waals surface area contributed by atoms with Crippen LogP contribution in [-0.2, 0) is 5.41 Å². The van der Waals surface area contributed by atoms with Crippen LogP contribution < -0.4 is 5.73 Å². The molecule has 1 aromatic rings. The summed E-state index contributed by atoms with van der Waals surface area (Å²) in [6, 6.07) is 5.65. The lowest BCUT2D eigenvalue weighted by molar-refractivity contribution is 0.548. The summed E-state index contributed by atoms with van der Waals surface area (Å²) in [5, 5.41) is 0. The maximum atomic E-state index is 13.6. The van der Waals surface area contributed by atoms with Gasteiger partial charge in [-0.3, -0.25) is 0 Å². The van der Waals surface area contributed by atoms with Crippen molar-refractivity contribution in [3.05, 3.63) is 35.1 Å². The normalized spacial score (nSPS) is 19.9. The van der Waals surface area contributed by atoms with Crippen LogP contribution in [0.1, 0.15) is 50.7 Å². The summed E-state index contributed by atoms with van der Waals surface area (Å²) in [5.74, 6) is 0.128. The molecule has 1 aromatic carbocycles. The van der Waals surface area contributed by atoms with Crippen molar-refractivity contribution in [2.45, 2.75) is 51.0 Å². The monoisotopic (exact) mass is 221 g/mol. The van der Waals surface area contributed by atoms with E-state index in [9.17, 15) is 4.39 Å². The Morgan fingerprint density at radius 1 is 1.25 bits per heavy atom. The molecule has 2 rings (SSSR count). The average molecular weight is 221 g/mol. The van der Waals surface area contributed by atoms with Crippen LogP contribution in [0.3, 0.4) is 0 Å². The number of benzene rings is 1. The SMILES string of the molecule is CC(C)c1cc(C2(C(C)N)CC2)ccc1F. The third-order valence-electron chi connectivity index (χ3n) is 3.85. The largest absolute Gasteiger partial charge is 0.327 e. The zero-order valence-electron chi connectivity index (χ0n) is 10.3. The van der Waals surface area contributed by atoms with E-state index in [0.717, 1.165) is 18.4 Å². The molecule has 0 aliphatic heterocycles. The fraction of sp³-hybridized carbons (Fsp3) is 0.571. The van der Waals surface area contributed by atoms with Gasteiger partial charge in [0.15, 0.2) is 0 Å². The van der Waals surface area contributed by atoms with E-state index >= 15 is 0 Å². The number of rotatable bonds is 3. The first-order chi connectivity index (χ1) is 7.47. The molecule has 2 heteroatoms. The topological polar surface area (TPSA) is 26.0 Å².